The monoisotopic (exact) mass is 248 g/mol. The topological polar surface area (TPSA) is 17.1 Å². The third-order valence-corrected chi connectivity index (χ3v) is 5.82. The van der Waals surface area contributed by atoms with Crippen molar-refractivity contribution in [2.75, 3.05) is 5.75 Å². The zero-order valence-corrected chi connectivity index (χ0v) is 12.1. The van der Waals surface area contributed by atoms with Gasteiger partial charge in [-0.1, -0.05) is 41.9 Å². The molecule has 1 rings (SSSR count). The van der Waals surface area contributed by atoms with Gasteiger partial charge < -0.3 is 4.79 Å². The maximum absolute atomic E-state index is 10.7. The average molecular weight is 248 g/mol. The van der Waals surface area contributed by atoms with Gasteiger partial charge in [0.1, 0.15) is 5.78 Å². The molecule has 0 aromatic carbocycles. The summed E-state index contributed by atoms with van der Waals surface area (Å²) in [7, 11) is 4.03. The van der Waals surface area contributed by atoms with Gasteiger partial charge in [-0.3, -0.25) is 0 Å². The maximum Gasteiger partial charge on any atom is 0.129 e. The van der Waals surface area contributed by atoms with Crippen molar-refractivity contribution >= 4 is 27.4 Å². The van der Waals surface area contributed by atoms with Crippen molar-refractivity contribution in [2.45, 2.75) is 64.5 Å². The quantitative estimate of drug-likeness (QED) is 0.518. The SMILES string of the molecule is CC.CC(=O)CCCC[C@]1(C)CCSS1. The first-order chi connectivity index (χ1) is 7.12. The van der Waals surface area contributed by atoms with E-state index in [1.807, 2.05) is 35.4 Å². The molecule has 1 atom stereocenters. The molecule has 3 heteroatoms. The van der Waals surface area contributed by atoms with Gasteiger partial charge in [0.15, 0.2) is 0 Å². The maximum atomic E-state index is 10.7. The van der Waals surface area contributed by atoms with Crippen LogP contribution in [-0.4, -0.2) is 16.3 Å². The van der Waals surface area contributed by atoms with Crippen LogP contribution in [0.4, 0.5) is 0 Å². The van der Waals surface area contributed by atoms with E-state index in [4.69, 9.17) is 0 Å². The highest BCUT2D eigenvalue weighted by atomic mass is 33.1. The summed E-state index contributed by atoms with van der Waals surface area (Å²) in [4.78, 5) is 10.7. The van der Waals surface area contributed by atoms with Crippen LogP contribution < -0.4 is 0 Å². The van der Waals surface area contributed by atoms with Gasteiger partial charge in [-0.05, 0) is 33.1 Å². The van der Waals surface area contributed by atoms with Crippen LogP contribution in [0.5, 0.6) is 0 Å². The summed E-state index contributed by atoms with van der Waals surface area (Å²) < 4.78 is 0.501. The number of Topliss-reactive ketones (excluding diaryl/α,β-unsaturated/α-hetero) is 1. The fraction of sp³-hybridized carbons (Fsp3) is 0.917. The Labute approximate surface area is 103 Å². The van der Waals surface area contributed by atoms with E-state index in [0.29, 0.717) is 10.5 Å². The summed E-state index contributed by atoms with van der Waals surface area (Å²) in [6, 6.07) is 0. The lowest BCUT2D eigenvalue weighted by Crippen LogP contribution is -2.15. The lowest BCUT2D eigenvalue weighted by Gasteiger charge is -2.20. The number of carbonyl (C=O) groups excluding carboxylic acids is 1. The highest BCUT2D eigenvalue weighted by Gasteiger charge is 2.29. The van der Waals surface area contributed by atoms with E-state index in [0.717, 1.165) is 12.8 Å². The van der Waals surface area contributed by atoms with E-state index in [1.165, 1.54) is 25.0 Å². The van der Waals surface area contributed by atoms with Crippen LogP contribution >= 0.6 is 21.6 Å². The molecule has 0 N–H and O–H groups in total. The van der Waals surface area contributed by atoms with Gasteiger partial charge in [-0.15, -0.1) is 0 Å². The van der Waals surface area contributed by atoms with Crippen LogP contribution in [0, 0.1) is 0 Å². The summed E-state index contributed by atoms with van der Waals surface area (Å²) in [6.45, 7) is 8.04. The highest BCUT2D eigenvalue weighted by Crippen LogP contribution is 2.49. The summed E-state index contributed by atoms with van der Waals surface area (Å²) >= 11 is 0. The fourth-order valence-corrected chi connectivity index (χ4v) is 4.82. The molecule has 1 fully saturated rings. The van der Waals surface area contributed by atoms with Gasteiger partial charge in [0.05, 0.1) is 0 Å². The van der Waals surface area contributed by atoms with E-state index in [-0.39, 0.29) is 0 Å². The van der Waals surface area contributed by atoms with Crippen LogP contribution in [0.15, 0.2) is 0 Å². The van der Waals surface area contributed by atoms with Crippen molar-refractivity contribution in [2.24, 2.45) is 0 Å². The Morgan fingerprint density at radius 1 is 1.33 bits per heavy atom. The number of unbranched alkanes of at least 4 members (excludes halogenated alkanes) is 1. The predicted molar refractivity (Wildman–Crippen MR) is 73.6 cm³/mol. The summed E-state index contributed by atoms with van der Waals surface area (Å²) in [5.74, 6) is 1.63. The van der Waals surface area contributed by atoms with E-state index < -0.39 is 0 Å². The summed E-state index contributed by atoms with van der Waals surface area (Å²) in [5.41, 5.74) is 0. The lowest BCUT2D eigenvalue weighted by atomic mass is 9.99. The third-order valence-electron chi connectivity index (χ3n) is 2.46. The molecule has 1 saturated heterocycles. The first-order valence-electron chi connectivity index (χ1n) is 5.92. The molecule has 0 aromatic heterocycles. The molecule has 0 bridgehead atoms. The molecule has 1 aliphatic heterocycles. The molecule has 0 spiro atoms. The number of ketones is 1. The van der Waals surface area contributed by atoms with E-state index in [9.17, 15) is 4.79 Å². The molecule has 1 aliphatic rings. The Morgan fingerprint density at radius 2 is 2.00 bits per heavy atom. The molecule has 15 heavy (non-hydrogen) atoms. The van der Waals surface area contributed by atoms with Gasteiger partial charge in [-0.2, -0.15) is 0 Å². The van der Waals surface area contributed by atoms with Gasteiger partial charge in [0.25, 0.3) is 0 Å². The molecule has 1 nitrogen and oxygen atoms in total. The van der Waals surface area contributed by atoms with E-state index in [2.05, 4.69) is 6.92 Å². The Morgan fingerprint density at radius 3 is 2.47 bits per heavy atom. The van der Waals surface area contributed by atoms with Gasteiger partial charge in [0, 0.05) is 16.9 Å². The summed E-state index contributed by atoms with van der Waals surface area (Å²) in [6.07, 6.45) is 5.67. The van der Waals surface area contributed by atoms with Crippen LogP contribution in [-0.2, 0) is 4.79 Å². The number of hydrogen-bond acceptors (Lipinski definition) is 3. The lowest BCUT2D eigenvalue weighted by molar-refractivity contribution is -0.117. The van der Waals surface area contributed by atoms with E-state index in [1.54, 1.807) is 6.92 Å². The van der Waals surface area contributed by atoms with Gasteiger partial charge in [-0.25, -0.2) is 0 Å². The smallest absolute Gasteiger partial charge is 0.129 e. The minimum absolute atomic E-state index is 0.332. The zero-order valence-electron chi connectivity index (χ0n) is 10.5. The molecule has 0 unspecified atom stereocenters. The van der Waals surface area contributed by atoms with Crippen LogP contribution in [0.3, 0.4) is 0 Å². The molecule has 1 heterocycles. The minimum Gasteiger partial charge on any atom is -0.300 e. The normalized spacial score (nSPS) is 24.5. The Hall–Kier alpha value is 0.370. The zero-order chi connectivity index (χ0) is 11.7. The predicted octanol–water partition coefficient (Wildman–Crippen LogP) is 4.71. The van der Waals surface area contributed by atoms with Gasteiger partial charge in [0.2, 0.25) is 0 Å². The Kier molecular flexibility index (Phi) is 8.72. The van der Waals surface area contributed by atoms with Crippen LogP contribution in [0.2, 0.25) is 0 Å². The van der Waals surface area contributed by atoms with E-state index >= 15 is 0 Å². The third kappa shape index (κ3) is 7.29. The Balaban J connectivity index is 0.000000921. The molecule has 90 valence electrons. The molecular weight excluding hydrogens is 224 g/mol. The number of hydrogen-bond donors (Lipinski definition) is 0. The summed E-state index contributed by atoms with van der Waals surface area (Å²) in [5, 5.41) is 0. The number of carbonyl (C=O) groups is 1. The molecule has 0 aromatic rings. The van der Waals surface area contributed by atoms with Crippen LogP contribution in [0.25, 0.3) is 0 Å². The van der Waals surface area contributed by atoms with Crippen LogP contribution in [0.1, 0.15) is 59.8 Å². The standard InChI is InChI=1S/C10H18OS2.C2H6/c1-9(11)5-3-4-6-10(2)7-8-12-13-10;1-2/h3-8H2,1-2H3;1-2H3/t10-;/m1./s1. The molecular formula is C12H24OS2. The van der Waals surface area contributed by atoms with Crippen molar-refractivity contribution in [3.8, 4) is 0 Å². The largest absolute Gasteiger partial charge is 0.300 e. The molecule has 0 radical (unpaired) electrons. The fourth-order valence-electron chi connectivity index (χ4n) is 1.52. The van der Waals surface area contributed by atoms with Crippen molar-refractivity contribution < 1.29 is 4.79 Å². The second-order valence-corrected chi connectivity index (χ2v) is 7.02. The Bertz CT molecular complexity index is 174. The van der Waals surface area contributed by atoms with Crippen molar-refractivity contribution in [1.29, 1.82) is 0 Å². The van der Waals surface area contributed by atoms with Gasteiger partial charge >= 0.3 is 0 Å². The first-order valence-corrected chi connectivity index (χ1v) is 8.24. The second-order valence-electron chi connectivity index (χ2n) is 4.01. The minimum atomic E-state index is 0.332. The van der Waals surface area contributed by atoms with Crippen molar-refractivity contribution in [3.63, 3.8) is 0 Å². The van der Waals surface area contributed by atoms with Crippen molar-refractivity contribution in [1.82, 2.24) is 0 Å². The molecule has 0 aliphatic carbocycles. The highest BCUT2D eigenvalue weighted by molar-refractivity contribution is 8.77. The molecule has 0 saturated carbocycles. The van der Waals surface area contributed by atoms with Crippen molar-refractivity contribution in [3.05, 3.63) is 0 Å². The first kappa shape index (κ1) is 15.4. The number of rotatable bonds is 5. The second kappa shape index (κ2) is 8.51. The molecule has 0 amide bonds. The average Bonchev–Trinajstić information content (AvgIpc) is 2.64.